The zero-order valence-corrected chi connectivity index (χ0v) is 14.1. The summed E-state index contributed by atoms with van der Waals surface area (Å²) in [7, 11) is 0. The van der Waals surface area contributed by atoms with Crippen molar-refractivity contribution in [2.45, 2.75) is 31.6 Å². The highest BCUT2D eigenvalue weighted by atomic mass is 35.5. The monoisotopic (exact) mass is 341 g/mol. The van der Waals surface area contributed by atoms with Crippen LogP contribution in [0.4, 0.5) is 5.69 Å². The van der Waals surface area contributed by atoms with E-state index < -0.39 is 0 Å². The zero-order valence-electron chi connectivity index (χ0n) is 12.6. The number of halogens is 2. The quantitative estimate of drug-likeness (QED) is 0.744. The van der Waals surface area contributed by atoms with Gasteiger partial charge in [0.15, 0.2) is 0 Å². The lowest BCUT2D eigenvalue weighted by molar-refractivity contribution is -0.121. The number of nitrogens with zero attached hydrogens (tertiary/aromatic N) is 1. The van der Waals surface area contributed by atoms with Crippen LogP contribution in [0.3, 0.4) is 0 Å². The van der Waals surface area contributed by atoms with Crippen molar-refractivity contribution in [1.82, 2.24) is 5.43 Å². The van der Waals surface area contributed by atoms with Crippen LogP contribution in [0.15, 0.2) is 29.4 Å². The fourth-order valence-electron chi connectivity index (χ4n) is 2.39. The Balaban J connectivity index is 1.92. The Morgan fingerprint density at radius 3 is 2.77 bits per heavy atom. The van der Waals surface area contributed by atoms with Crippen LogP contribution in [0.25, 0.3) is 0 Å². The number of amides is 1. The van der Waals surface area contributed by atoms with Crippen molar-refractivity contribution < 1.29 is 4.79 Å². The molecular formula is C16H21Cl2N3O. The van der Waals surface area contributed by atoms with Crippen LogP contribution < -0.4 is 10.7 Å². The fraction of sp³-hybridized carbons (Fsp3) is 0.500. The molecule has 1 amide bonds. The second kappa shape index (κ2) is 8.39. The van der Waals surface area contributed by atoms with E-state index in [-0.39, 0.29) is 17.2 Å². The Hall–Kier alpha value is -1.26. The first-order valence-corrected chi connectivity index (χ1v) is 8.48. The summed E-state index contributed by atoms with van der Waals surface area (Å²) in [6.07, 6.45) is 2.32. The van der Waals surface area contributed by atoms with Gasteiger partial charge in [0.05, 0.1) is 11.1 Å². The van der Waals surface area contributed by atoms with Crippen molar-refractivity contribution in [2.24, 2.45) is 11.0 Å². The van der Waals surface area contributed by atoms with Gasteiger partial charge in [0.2, 0.25) is 5.91 Å². The minimum atomic E-state index is -0.0281. The standard InChI is InChI=1S/C16H21Cl2N3O/c1-11-9-15(22)20-21-16(11)12-4-6-14(7-5-12)19-10-13(18)3-2-8-17/h4-7,11,13,19H,2-3,8-10H2,1H3,(H,20,22). The third kappa shape index (κ3) is 4.89. The van der Waals surface area contributed by atoms with E-state index in [0.29, 0.717) is 18.8 Å². The maximum atomic E-state index is 11.3. The molecule has 0 radical (unpaired) electrons. The van der Waals surface area contributed by atoms with Gasteiger partial charge in [-0.25, -0.2) is 5.43 Å². The average Bonchev–Trinajstić information content (AvgIpc) is 2.51. The smallest absolute Gasteiger partial charge is 0.240 e. The van der Waals surface area contributed by atoms with Gasteiger partial charge in [-0.1, -0.05) is 19.1 Å². The normalized spacial score (nSPS) is 19.3. The lowest BCUT2D eigenvalue weighted by Crippen LogP contribution is -2.31. The molecule has 2 unspecified atom stereocenters. The number of hydrogen-bond acceptors (Lipinski definition) is 3. The Kier molecular flexibility index (Phi) is 6.52. The SMILES string of the molecule is CC1CC(=O)NN=C1c1ccc(NCC(Cl)CCCCl)cc1. The van der Waals surface area contributed by atoms with Crippen molar-refractivity contribution in [3.63, 3.8) is 0 Å². The number of benzene rings is 1. The molecule has 2 N–H and O–H groups in total. The van der Waals surface area contributed by atoms with E-state index in [1.54, 1.807) is 0 Å². The first-order chi connectivity index (χ1) is 10.6. The van der Waals surface area contributed by atoms with E-state index >= 15 is 0 Å². The second-order valence-electron chi connectivity index (χ2n) is 5.52. The predicted octanol–water partition coefficient (Wildman–Crippen LogP) is 3.59. The molecule has 4 nitrogen and oxygen atoms in total. The van der Waals surface area contributed by atoms with Gasteiger partial charge in [-0.2, -0.15) is 5.10 Å². The number of hydrazone groups is 1. The molecule has 0 aromatic heterocycles. The maximum Gasteiger partial charge on any atom is 0.240 e. The molecule has 120 valence electrons. The van der Waals surface area contributed by atoms with Crippen molar-refractivity contribution in [2.75, 3.05) is 17.7 Å². The first-order valence-electron chi connectivity index (χ1n) is 7.51. The van der Waals surface area contributed by atoms with Gasteiger partial charge in [0.1, 0.15) is 0 Å². The molecule has 1 aliphatic rings. The number of alkyl halides is 2. The Morgan fingerprint density at radius 2 is 2.14 bits per heavy atom. The molecule has 1 aromatic rings. The van der Waals surface area contributed by atoms with Gasteiger partial charge in [0, 0.05) is 30.5 Å². The summed E-state index contributed by atoms with van der Waals surface area (Å²) in [6, 6.07) is 8.03. The van der Waals surface area contributed by atoms with Crippen molar-refractivity contribution in [3.05, 3.63) is 29.8 Å². The summed E-state index contributed by atoms with van der Waals surface area (Å²) in [5.74, 6) is 0.754. The van der Waals surface area contributed by atoms with Crippen molar-refractivity contribution in [3.8, 4) is 0 Å². The summed E-state index contributed by atoms with van der Waals surface area (Å²) in [4.78, 5) is 11.3. The van der Waals surface area contributed by atoms with E-state index in [0.717, 1.165) is 29.8 Å². The molecule has 0 spiro atoms. The fourth-order valence-corrected chi connectivity index (χ4v) is 2.78. The molecule has 0 aliphatic carbocycles. The van der Waals surface area contributed by atoms with Crippen LogP contribution >= 0.6 is 23.2 Å². The highest BCUT2D eigenvalue weighted by Gasteiger charge is 2.21. The molecule has 6 heteroatoms. The summed E-state index contributed by atoms with van der Waals surface area (Å²) < 4.78 is 0. The Bertz CT molecular complexity index is 531. The van der Waals surface area contributed by atoms with Crippen LogP contribution in [0.2, 0.25) is 0 Å². The Labute approximate surface area is 141 Å². The maximum absolute atomic E-state index is 11.3. The highest BCUT2D eigenvalue weighted by molar-refractivity contribution is 6.21. The average molecular weight is 342 g/mol. The topological polar surface area (TPSA) is 53.5 Å². The van der Waals surface area contributed by atoms with E-state index in [1.807, 2.05) is 31.2 Å². The zero-order chi connectivity index (χ0) is 15.9. The van der Waals surface area contributed by atoms with Crippen LogP contribution in [-0.2, 0) is 4.79 Å². The van der Waals surface area contributed by atoms with Gasteiger partial charge in [-0.05, 0) is 30.5 Å². The number of carbonyl (C=O) groups is 1. The lowest BCUT2D eigenvalue weighted by atomic mass is 9.94. The van der Waals surface area contributed by atoms with Crippen LogP contribution in [0, 0.1) is 5.92 Å². The number of hydrogen-bond donors (Lipinski definition) is 2. The summed E-state index contributed by atoms with van der Waals surface area (Å²) in [5.41, 5.74) is 5.51. The molecular weight excluding hydrogens is 321 g/mol. The van der Waals surface area contributed by atoms with Gasteiger partial charge in [-0.15, -0.1) is 23.2 Å². The number of carbonyl (C=O) groups excluding carboxylic acids is 1. The van der Waals surface area contributed by atoms with Crippen LogP contribution in [0.5, 0.6) is 0 Å². The third-order valence-electron chi connectivity index (χ3n) is 3.62. The molecule has 1 aliphatic heterocycles. The third-order valence-corrected chi connectivity index (χ3v) is 4.26. The van der Waals surface area contributed by atoms with Gasteiger partial charge < -0.3 is 5.32 Å². The highest BCUT2D eigenvalue weighted by Crippen LogP contribution is 2.19. The molecule has 1 aromatic carbocycles. The van der Waals surface area contributed by atoms with Crippen LogP contribution in [0.1, 0.15) is 31.7 Å². The second-order valence-corrected chi connectivity index (χ2v) is 6.52. The summed E-state index contributed by atoms with van der Waals surface area (Å²) in [6.45, 7) is 2.73. The van der Waals surface area contributed by atoms with Crippen LogP contribution in [-0.4, -0.2) is 29.4 Å². The van der Waals surface area contributed by atoms with Gasteiger partial charge in [0.25, 0.3) is 0 Å². The first kappa shape index (κ1) is 17.1. The Morgan fingerprint density at radius 1 is 1.41 bits per heavy atom. The molecule has 0 saturated heterocycles. The predicted molar refractivity (Wildman–Crippen MR) is 93.0 cm³/mol. The van der Waals surface area contributed by atoms with Crippen molar-refractivity contribution >= 4 is 40.5 Å². The van der Waals surface area contributed by atoms with Crippen molar-refractivity contribution in [1.29, 1.82) is 0 Å². The molecule has 0 fully saturated rings. The van der Waals surface area contributed by atoms with E-state index in [4.69, 9.17) is 23.2 Å². The van der Waals surface area contributed by atoms with E-state index in [1.165, 1.54) is 0 Å². The van der Waals surface area contributed by atoms with E-state index in [2.05, 4.69) is 15.8 Å². The van der Waals surface area contributed by atoms with E-state index in [9.17, 15) is 4.79 Å². The largest absolute Gasteiger partial charge is 0.384 e. The molecule has 2 rings (SSSR count). The number of rotatable bonds is 7. The molecule has 22 heavy (non-hydrogen) atoms. The molecule has 2 atom stereocenters. The summed E-state index contributed by atoms with van der Waals surface area (Å²) >= 11 is 11.9. The molecule has 1 heterocycles. The number of nitrogens with one attached hydrogen (secondary N) is 2. The minimum Gasteiger partial charge on any atom is -0.384 e. The molecule has 0 bridgehead atoms. The van der Waals surface area contributed by atoms with Gasteiger partial charge >= 0.3 is 0 Å². The summed E-state index contributed by atoms with van der Waals surface area (Å²) in [5, 5.41) is 7.56. The minimum absolute atomic E-state index is 0.0281. The molecule has 0 saturated carbocycles. The number of anilines is 1. The van der Waals surface area contributed by atoms with Gasteiger partial charge in [-0.3, -0.25) is 4.79 Å². The lowest BCUT2D eigenvalue weighted by Gasteiger charge is -2.19.